The van der Waals surface area contributed by atoms with Crippen molar-refractivity contribution in [2.75, 3.05) is 0 Å². The highest BCUT2D eigenvalue weighted by Gasteiger charge is 2.25. The Morgan fingerprint density at radius 3 is 2.64 bits per heavy atom. The van der Waals surface area contributed by atoms with Crippen LogP contribution in [0.5, 0.6) is 0 Å². The average Bonchev–Trinajstić information content (AvgIpc) is 2.86. The molecule has 0 nitrogen and oxygen atoms in total. The maximum Gasteiger partial charge on any atom is 0.0412 e. The first-order valence-electron chi connectivity index (χ1n) is 4.03. The summed E-state index contributed by atoms with van der Waals surface area (Å²) in [4.78, 5) is 2.30. The molecule has 0 amide bonds. The van der Waals surface area contributed by atoms with Crippen LogP contribution in [0.1, 0.15) is 4.88 Å². The summed E-state index contributed by atoms with van der Waals surface area (Å²) in [6, 6.07) is 4.07. The third-order valence-corrected chi connectivity index (χ3v) is 5.40. The van der Waals surface area contributed by atoms with E-state index in [4.69, 9.17) is 12.8 Å². The molecule has 0 radical (unpaired) electrons. The Bertz CT molecular complexity index is 461. The van der Waals surface area contributed by atoms with E-state index in [0.717, 1.165) is 4.91 Å². The van der Waals surface area contributed by atoms with Crippen LogP contribution in [0.15, 0.2) is 35.1 Å². The smallest absolute Gasteiger partial charge is 0.0412 e. The zero-order chi connectivity index (χ0) is 10.0. The molecule has 2 heterocycles. The van der Waals surface area contributed by atoms with Gasteiger partial charge in [0, 0.05) is 9.78 Å². The van der Waals surface area contributed by atoms with Gasteiger partial charge in [0.2, 0.25) is 0 Å². The van der Waals surface area contributed by atoms with E-state index in [2.05, 4.69) is 16.6 Å². The van der Waals surface area contributed by atoms with Crippen LogP contribution in [0.2, 0.25) is 0 Å². The van der Waals surface area contributed by atoms with Gasteiger partial charge >= 0.3 is 0 Å². The monoisotopic (exact) mass is 216 g/mol. The predicted molar refractivity (Wildman–Crippen MR) is 66.7 cm³/mol. The van der Waals surface area contributed by atoms with Crippen molar-refractivity contribution in [2.45, 2.75) is 0 Å². The van der Waals surface area contributed by atoms with Crippen molar-refractivity contribution < 1.29 is 0 Å². The average molecular weight is 216 g/mol. The lowest BCUT2D eigenvalue weighted by Crippen LogP contribution is -1.88. The molecule has 0 fully saturated rings. The van der Waals surface area contributed by atoms with E-state index in [1.54, 1.807) is 11.3 Å². The fraction of sp³-hybridized carbons (Fsp3) is 0. The van der Waals surface area contributed by atoms with E-state index in [0.29, 0.717) is 0 Å². The number of thiophene rings is 1. The van der Waals surface area contributed by atoms with Gasteiger partial charge in [0.1, 0.15) is 0 Å². The van der Waals surface area contributed by atoms with Gasteiger partial charge < -0.3 is 0 Å². The second-order valence-electron chi connectivity index (χ2n) is 2.73. The van der Waals surface area contributed by atoms with Crippen LogP contribution in [0.4, 0.5) is 0 Å². The van der Waals surface area contributed by atoms with Crippen molar-refractivity contribution in [3.63, 3.8) is 0 Å². The summed E-state index contributed by atoms with van der Waals surface area (Å²) in [6.45, 7) is 0. The molecule has 0 bridgehead atoms. The Kier molecular flexibility index (Phi) is 2.25. The van der Waals surface area contributed by atoms with Crippen LogP contribution in [-0.2, 0) is 0 Å². The highest BCUT2D eigenvalue weighted by Crippen LogP contribution is 2.62. The molecule has 0 aromatic carbocycles. The highest BCUT2D eigenvalue weighted by molar-refractivity contribution is 8.50. The highest BCUT2D eigenvalue weighted by atomic mass is 32.3. The zero-order valence-electron chi connectivity index (χ0n) is 7.44. The molecule has 0 atom stereocenters. The normalized spacial score (nSPS) is 19.4. The molecule has 0 saturated heterocycles. The minimum Gasteiger partial charge on any atom is -0.143 e. The summed E-state index contributed by atoms with van der Waals surface area (Å²) in [6.07, 6.45) is 15.1. The largest absolute Gasteiger partial charge is 0.143 e. The van der Waals surface area contributed by atoms with Crippen molar-refractivity contribution in [2.24, 2.45) is 0 Å². The molecule has 1 aromatic rings. The molecule has 0 saturated carbocycles. The maximum atomic E-state index is 5.53. The SMILES string of the molecule is C#CS1(C#C)C=CC=C1c1cccs1. The summed E-state index contributed by atoms with van der Waals surface area (Å²) in [5, 5.41) is 9.54. The topological polar surface area (TPSA) is 0 Å². The van der Waals surface area contributed by atoms with Crippen LogP contribution in [0, 0.1) is 23.4 Å². The summed E-state index contributed by atoms with van der Waals surface area (Å²) < 4.78 is 0. The number of hydrogen-bond donors (Lipinski definition) is 0. The first-order valence-corrected chi connectivity index (χ1v) is 6.60. The van der Waals surface area contributed by atoms with Crippen LogP contribution in [0.25, 0.3) is 4.91 Å². The minimum absolute atomic E-state index is 1.12. The van der Waals surface area contributed by atoms with E-state index >= 15 is 0 Å². The van der Waals surface area contributed by atoms with Crippen LogP contribution < -0.4 is 0 Å². The zero-order valence-corrected chi connectivity index (χ0v) is 9.07. The van der Waals surface area contributed by atoms with Crippen LogP contribution in [0.3, 0.4) is 0 Å². The number of terminal acetylenes is 2. The Morgan fingerprint density at radius 1 is 1.29 bits per heavy atom. The fourth-order valence-corrected chi connectivity index (χ4v) is 4.13. The number of allylic oxidation sites excluding steroid dienone is 2. The van der Waals surface area contributed by atoms with Gasteiger partial charge in [0.15, 0.2) is 0 Å². The Morgan fingerprint density at radius 2 is 2.07 bits per heavy atom. The van der Waals surface area contributed by atoms with E-state index in [1.807, 2.05) is 29.0 Å². The van der Waals surface area contributed by atoms with Gasteiger partial charge in [-0.3, -0.25) is 0 Å². The minimum atomic E-state index is -1.55. The molecule has 68 valence electrons. The molecule has 0 N–H and O–H groups in total. The molecule has 2 rings (SSSR count). The Hall–Kier alpha value is -1.35. The van der Waals surface area contributed by atoms with Crippen molar-refractivity contribution in [1.29, 1.82) is 0 Å². The maximum absolute atomic E-state index is 5.53. The fourth-order valence-electron chi connectivity index (χ4n) is 1.32. The lowest BCUT2D eigenvalue weighted by molar-refractivity contribution is 1.93. The van der Waals surface area contributed by atoms with E-state index in [-0.39, 0.29) is 0 Å². The summed E-state index contributed by atoms with van der Waals surface area (Å²) in [7, 11) is -1.55. The molecule has 0 aliphatic carbocycles. The van der Waals surface area contributed by atoms with Gasteiger partial charge in [0.25, 0.3) is 0 Å². The molecule has 0 unspecified atom stereocenters. The lowest BCUT2D eigenvalue weighted by atomic mass is 10.4. The third kappa shape index (κ3) is 1.21. The Balaban J connectivity index is 2.51. The molecular weight excluding hydrogens is 208 g/mol. The van der Waals surface area contributed by atoms with Crippen molar-refractivity contribution in [3.05, 3.63) is 40.0 Å². The molecule has 14 heavy (non-hydrogen) atoms. The summed E-state index contributed by atoms with van der Waals surface area (Å²) >= 11 is 1.67. The lowest BCUT2D eigenvalue weighted by Gasteiger charge is -2.22. The third-order valence-electron chi connectivity index (χ3n) is 2.01. The second kappa shape index (κ2) is 3.42. The molecule has 1 aliphatic rings. The van der Waals surface area contributed by atoms with Gasteiger partial charge in [-0.15, -0.1) is 24.2 Å². The summed E-state index contributed by atoms with van der Waals surface area (Å²) in [5.41, 5.74) is 0. The molecule has 2 heteroatoms. The standard InChI is InChI=1S/C12H8S2/c1-3-14(4-2)10-6-8-12(14)11-7-5-9-13-11/h1-2,5-10H. The predicted octanol–water partition coefficient (Wildman–Crippen LogP) is 3.60. The van der Waals surface area contributed by atoms with Gasteiger partial charge in [-0.1, -0.05) is 22.2 Å². The van der Waals surface area contributed by atoms with Crippen LogP contribution in [-0.4, -0.2) is 0 Å². The Labute approximate surface area is 89.7 Å². The summed E-state index contributed by atoms with van der Waals surface area (Å²) in [5.74, 6) is 0. The molecule has 0 spiro atoms. The first-order chi connectivity index (χ1) is 6.82. The van der Waals surface area contributed by atoms with Crippen molar-refractivity contribution in [1.82, 2.24) is 0 Å². The molecule has 1 aromatic heterocycles. The quantitative estimate of drug-likeness (QED) is 0.629. The van der Waals surface area contributed by atoms with Gasteiger partial charge in [-0.25, -0.2) is 0 Å². The van der Waals surface area contributed by atoms with Gasteiger partial charge in [0.05, 0.1) is 0 Å². The van der Waals surface area contributed by atoms with Gasteiger partial charge in [-0.05, 0) is 33.4 Å². The van der Waals surface area contributed by atoms with Gasteiger partial charge in [-0.2, -0.15) is 0 Å². The van der Waals surface area contributed by atoms with Crippen molar-refractivity contribution >= 4 is 26.3 Å². The number of hydrogen-bond acceptors (Lipinski definition) is 1. The van der Waals surface area contributed by atoms with Crippen molar-refractivity contribution in [3.8, 4) is 23.4 Å². The van der Waals surface area contributed by atoms with E-state index < -0.39 is 10.0 Å². The molecule has 1 aliphatic heterocycles. The number of rotatable bonds is 1. The van der Waals surface area contributed by atoms with Crippen LogP contribution >= 0.6 is 21.4 Å². The molecular formula is C12H8S2. The van der Waals surface area contributed by atoms with E-state index in [1.165, 1.54) is 4.88 Å². The second-order valence-corrected chi connectivity index (χ2v) is 6.18. The van der Waals surface area contributed by atoms with E-state index in [9.17, 15) is 0 Å². The first kappa shape index (κ1) is 9.21.